The number of nitrogens with one attached hydrogen (secondary N) is 1. The number of fused-ring (bicyclic) bond motifs is 1. The summed E-state index contributed by atoms with van der Waals surface area (Å²) in [6.45, 7) is 5.25. The van der Waals surface area contributed by atoms with E-state index < -0.39 is 0 Å². The standard InChI is InChI=1S/C24H27N5O/c1-26-9-8-17-4-5-19(13-22(17)15-25)18-6-7-20-16-28-23(14-21(20)12-18)24(30)27-10-11-29(2)3/h4-9,12-14,16H,1,10-11,15,25H2,2-3H3,(H,27,30)/b9-8-. The van der Waals surface area contributed by atoms with Crippen LogP contribution < -0.4 is 11.1 Å². The van der Waals surface area contributed by atoms with Gasteiger partial charge in [-0.05, 0) is 72.7 Å². The highest BCUT2D eigenvalue weighted by molar-refractivity contribution is 5.97. The molecule has 0 aliphatic rings. The van der Waals surface area contributed by atoms with Crippen LogP contribution in [0.3, 0.4) is 0 Å². The fourth-order valence-electron chi connectivity index (χ4n) is 3.19. The highest BCUT2D eigenvalue weighted by Gasteiger charge is 2.09. The van der Waals surface area contributed by atoms with Gasteiger partial charge in [-0.1, -0.05) is 24.3 Å². The minimum atomic E-state index is -0.165. The van der Waals surface area contributed by atoms with Crippen LogP contribution >= 0.6 is 0 Å². The Hall–Kier alpha value is -3.35. The van der Waals surface area contributed by atoms with Crippen molar-refractivity contribution in [3.8, 4) is 11.1 Å². The number of nitrogens with two attached hydrogens (primary N) is 1. The SMILES string of the molecule is C=N/C=C\c1ccc(-c2ccc3cnc(C(=O)NCCN(C)C)cc3c2)cc1CN. The van der Waals surface area contributed by atoms with E-state index in [1.54, 1.807) is 12.4 Å². The maximum Gasteiger partial charge on any atom is 0.269 e. The van der Waals surface area contributed by atoms with E-state index in [4.69, 9.17) is 5.73 Å². The van der Waals surface area contributed by atoms with E-state index in [0.717, 1.165) is 39.6 Å². The summed E-state index contributed by atoms with van der Waals surface area (Å²) >= 11 is 0. The maximum atomic E-state index is 12.4. The van der Waals surface area contributed by atoms with Crippen LogP contribution in [0.15, 0.2) is 59.9 Å². The number of hydrogen-bond donors (Lipinski definition) is 2. The van der Waals surface area contributed by atoms with Crippen molar-refractivity contribution >= 4 is 29.5 Å². The monoisotopic (exact) mass is 401 g/mol. The summed E-state index contributed by atoms with van der Waals surface area (Å²) in [6, 6.07) is 14.1. The van der Waals surface area contributed by atoms with Crippen LogP contribution in [0, 0.1) is 0 Å². The number of pyridine rings is 1. The van der Waals surface area contributed by atoms with Crippen molar-refractivity contribution in [2.75, 3.05) is 27.2 Å². The maximum absolute atomic E-state index is 12.4. The van der Waals surface area contributed by atoms with E-state index in [1.165, 1.54) is 0 Å². The van der Waals surface area contributed by atoms with Crippen LogP contribution in [0.1, 0.15) is 21.6 Å². The van der Waals surface area contributed by atoms with Gasteiger partial charge >= 0.3 is 0 Å². The molecule has 3 N–H and O–H groups in total. The highest BCUT2D eigenvalue weighted by atomic mass is 16.1. The minimum Gasteiger partial charge on any atom is -0.349 e. The number of carbonyl (C=O) groups is 1. The van der Waals surface area contributed by atoms with Gasteiger partial charge in [0.1, 0.15) is 5.69 Å². The lowest BCUT2D eigenvalue weighted by molar-refractivity contribution is 0.0946. The molecule has 0 saturated carbocycles. The quantitative estimate of drug-likeness (QED) is 0.567. The first-order valence-electron chi connectivity index (χ1n) is 9.80. The number of likely N-dealkylation sites (N-methyl/N-ethyl adjacent to an activating group) is 1. The number of carbonyl (C=O) groups excluding carboxylic acids is 1. The number of benzene rings is 2. The molecular formula is C24H27N5O. The Morgan fingerprint density at radius 3 is 2.67 bits per heavy atom. The predicted octanol–water partition coefficient (Wildman–Crippen LogP) is 3.32. The first-order chi connectivity index (χ1) is 14.5. The second kappa shape index (κ2) is 9.91. The Morgan fingerprint density at radius 2 is 1.93 bits per heavy atom. The van der Waals surface area contributed by atoms with Crippen molar-refractivity contribution in [1.29, 1.82) is 0 Å². The van der Waals surface area contributed by atoms with E-state index in [9.17, 15) is 4.79 Å². The molecule has 1 heterocycles. The minimum absolute atomic E-state index is 0.165. The van der Waals surface area contributed by atoms with Gasteiger partial charge in [-0.2, -0.15) is 0 Å². The smallest absolute Gasteiger partial charge is 0.269 e. The van der Waals surface area contributed by atoms with Gasteiger partial charge in [0.2, 0.25) is 0 Å². The normalized spacial score (nSPS) is 11.3. The summed E-state index contributed by atoms with van der Waals surface area (Å²) in [5.41, 5.74) is 10.5. The van der Waals surface area contributed by atoms with E-state index in [2.05, 4.69) is 46.3 Å². The Kier molecular flexibility index (Phi) is 7.06. The molecule has 1 amide bonds. The Morgan fingerprint density at radius 1 is 1.17 bits per heavy atom. The van der Waals surface area contributed by atoms with Gasteiger partial charge in [-0.15, -0.1) is 0 Å². The number of nitrogens with zero attached hydrogens (tertiary/aromatic N) is 3. The molecule has 3 rings (SSSR count). The van der Waals surface area contributed by atoms with Crippen LogP contribution in [0.2, 0.25) is 0 Å². The molecule has 0 atom stereocenters. The van der Waals surface area contributed by atoms with Crippen LogP contribution in [0.4, 0.5) is 0 Å². The average molecular weight is 402 g/mol. The summed E-state index contributed by atoms with van der Waals surface area (Å²) < 4.78 is 0. The van der Waals surface area contributed by atoms with Crippen molar-refractivity contribution in [3.05, 3.63) is 71.7 Å². The molecule has 2 aromatic carbocycles. The molecule has 3 aromatic rings. The second-order valence-corrected chi connectivity index (χ2v) is 7.31. The van der Waals surface area contributed by atoms with Crippen molar-refractivity contribution in [1.82, 2.24) is 15.2 Å². The molecule has 0 saturated heterocycles. The van der Waals surface area contributed by atoms with Crippen LogP contribution in [0.25, 0.3) is 28.0 Å². The predicted molar refractivity (Wildman–Crippen MR) is 125 cm³/mol. The lowest BCUT2D eigenvalue weighted by Crippen LogP contribution is -2.31. The molecular weight excluding hydrogens is 374 g/mol. The summed E-state index contributed by atoms with van der Waals surface area (Å²) in [5, 5.41) is 4.86. The molecule has 0 radical (unpaired) electrons. The molecule has 0 bridgehead atoms. The first-order valence-corrected chi connectivity index (χ1v) is 9.80. The van der Waals surface area contributed by atoms with Crippen LogP contribution in [-0.4, -0.2) is 49.7 Å². The molecule has 30 heavy (non-hydrogen) atoms. The topological polar surface area (TPSA) is 83.6 Å². The third-order valence-electron chi connectivity index (χ3n) is 4.85. The molecule has 154 valence electrons. The zero-order valence-electron chi connectivity index (χ0n) is 17.4. The first kappa shape index (κ1) is 21.4. The van der Waals surface area contributed by atoms with Gasteiger partial charge < -0.3 is 16.0 Å². The van der Waals surface area contributed by atoms with Gasteiger partial charge in [0.05, 0.1) is 0 Å². The Bertz CT molecular complexity index is 1090. The largest absolute Gasteiger partial charge is 0.349 e. The fourth-order valence-corrected chi connectivity index (χ4v) is 3.19. The van der Waals surface area contributed by atoms with Crippen molar-refractivity contribution < 1.29 is 4.79 Å². The van der Waals surface area contributed by atoms with E-state index in [-0.39, 0.29) is 5.91 Å². The number of hydrogen-bond acceptors (Lipinski definition) is 5. The average Bonchev–Trinajstić information content (AvgIpc) is 2.76. The number of aromatic nitrogens is 1. The molecule has 0 fully saturated rings. The highest BCUT2D eigenvalue weighted by Crippen LogP contribution is 2.27. The summed E-state index contributed by atoms with van der Waals surface area (Å²) in [7, 11) is 3.94. The summed E-state index contributed by atoms with van der Waals surface area (Å²) in [4.78, 5) is 22.5. The lowest BCUT2D eigenvalue weighted by atomic mass is 9.97. The fraction of sp³-hybridized carbons (Fsp3) is 0.208. The molecule has 0 unspecified atom stereocenters. The molecule has 6 heteroatoms. The van der Waals surface area contributed by atoms with Crippen LogP contribution in [-0.2, 0) is 6.54 Å². The number of rotatable bonds is 8. The molecule has 1 aromatic heterocycles. The van der Waals surface area contributed by atoms with E-state index >= 15 is 0 Å². The summed E-state index contributed by atoms with van der Waals surface area (Å²) in [5.74, 6) is -0.165. The van der Waals surface area contributed by atoms with E-state index in [1.807, 2.05) is 43.3 Å². The van der Waals surface area contributed by atoms with Gasteiger partial charge in [0, 0.05) is 37.4 Å². The molecule has 0 aliphatic heterocycles. The number of aliphatic imine (C=N–C) groups is 1. The molecule has 6 nitrogen and oxygen atoms in total. The summed E-state index contributed by atoms with van der Waals surface area (Å²) in [6.07, 6.45) is 5.29. The third-order valence-corrected chi connectivity index (χ3v) is 4.85. The van der Waals surface area contributed by atoms with Gasteiger partial charge in [0.25, 0.3) is 5.91 Å². The van der Waals surface area contributed by atoms with Crippen molar-refractivity contribution in [2.24, 2.45) is 10.7 Å². The van der Waals surface area contributed by atoms with Gasteiger partial charge in [-0.25, -0.2) is 0 Å². The van der Waals surface area contributed by atoms with Gasteiger partial charge in [0.15, 0.2) is 0 Å². The number of amides is 1. The van der Waals surface area contributed by atoms with Crippen molar-refractivity contribution in [2.45, 2.75) is 6.54 Å². The third kappa shape index (κ3) is 5.17. The van der Waals surface area contributed by atoms with Crippen molar-refractivity contribution in [3.63, 3.8) is 0 Å². The zero-order valence-corrected chi connectivity index (χ0v) is 17.4. The Labute approximate surface area is 177 Å². The second-order valence-electron chi connectivity index (χ2n) is 7.31. The molecule has 0 aliphatic carbocycles. The zero-order chi connectivity index (χ0) is 21.5. The lowest BCUT2D eigenvalue weighted by Gasteiger charge is -2.11. The van der Waals surface area contributed by atoms with Gasteiger partial charge in [-0.3, -0.25) is 14.8 Å². The van der Waals surface area contributed by atoms with E-state index in [0.29, 0.717) is 18.8 Å². The molecule has 0 spiro atoms. The van der Waals surface area contributed by atoms with Crippen LogP contribution in [0.5, 0.6) is 0 Å². The Balaban J connectivity index is 1.89.